The summed E-state index contributed by atoms with van der Waals surface area (Å²) in [6.07, 6.45) is -1.35. The third-order valence-electron chi connectivity index (χ3n) is 0.853. The van der Waals surface area contributed by atoms with Gasteiger partial charge in [0.25, 0.3) is 0 Å². The largest absolute Gasteiger partial charge is 0.394 e. The first-order valence-electron chi connectivity index (χ1n) is 3.39. The van der Waals surface area contributed by atoms with Crippen molar-refractivity contribution in [1.29, 1.82) is 0 Å². The molecule has 0 amide bonds. The van der Waals surface area contributed by atoms with Crippen molar-refractivity contribution in [3.8, 4) is 0 Å². The second kappa shape index (κ2) is 7.65. The molecule has 2 unspecified atom stereocenters. The molecule has 4 nitrogen and oxygen atoms in total. The number of aliphatic hydroxyl groups excluding tert-OH is 3. The molecule has 0 radical (unpaired) electrons. The number of carbonyl (C=O) groups is 1. The summed E-state index contributed by atoms with van der Waals surface area (Å²) in [6.45, 7) is 4.19. The van der Waals surface area contributed by atoms with Crippen molar-refractivity contribution < 1.29 is 20.1 Å². The summed E-state index contributed by atoms with van der Waals surface area (Å²) in [6, 6.07) is 0. The van der Waals surface area contributed by atoms with Crippen LogP contribution in [0.1, 0.15) is 20.8 Å². The lowest BCUT2D eigenvalue weighted by molar-refractivity contribution is -0.124. The van der Waals surface area contributed by atoms with Crippen LogP contribution in [0.25, 0.3) is 0 Å². The van der Waals surface area contributed by atoms with Gasteiger partial charge in [0.05, 0.1) is 12.7 Å². The van der Waals surface area contributed by atoms with Crippen LogP contribution < -0.4 is 0 Å². The van der Waals surface area contributed by atoms with Gasteiger partial charge in [-0.2, -0.15) is 0 Å². The molecular weight excluding hydrogens is 148 g/mol. The Hall–Kier alpha value is -0.450. The van der Waals surface area contributed by atoms with Gasteiger partial charge in [-0.15, -0.1) is 0 Å². The van der Waals surface area contributed by atoms with Crippen molar-refractivity contribution in [2.75, 3.05) is 6.61 Å². The van der Waals surface area contributed by atoms with Gasteiger partial charge in [-0.3, -0.25) is 4.79 Å². The number of ketones is 1. The van der Waals surface area contributed by atoms with Crippen LogP contribution in [-0.2, 0) is 4.79 Å². The molecule has 0 spiro atoms. The maximum atomic E-state index is 9.89. The summed E-state index contributed by atoms with van der Waals surface area (Å²) in [5.41, 5.74) is 0. The van der Waals surface area contributed by atoms with E-state index in [1.807, 2.05) is 0 Å². The highest BCUT2D eigenvalue weighted by molar-refractivity contribution is 5.79. The predicted octanol–water partition coefficient (Wildman–Crippen LogP) is -0.684. The number of rotatable bonds is 2. The van der Waals surface area contributed by atoms with Crippen molar-refractivity contribution in [3.63, 3.8) is 0 Å². The average Bonchev–Trinajstić information content (AvgIpc) is 1.89. The maximum Gasteiger partial charge on any atom is 0.157 e. The first-order chi connectivity index (χ1) is 4.91. The quantitative estimate of drug-likeness (QED) is 0.505. The van der Waals surface area contributed by atoms with E-state index in [0.29, 0.717) is 0 Å². The van der Waals surface area contributed by atoms with E-state index in [9.17, 15) is 4.79 Å². The Morgan fingerprint density at radius 1 is 1.36 bits per heavy atom. The molecule has 0 fully saturated rings. The number of carbonyl (C=O) groups excluding carboxylic acids is 1. The Morgan fingerprint density at radius 3 is 1.55 bits per heavy atom. The van der Waals surface area contributed by atoms with Crippen molar-refractivity contribution in [1.82, 2.24) is 0 Å². The van der Waals surface area contributed by atoms with E-state index in [0.717, 1.165) is 0 Å². The van der Waals surface area contributed by atoms with Gasteiger partial charge in [-0.05, 0) is 20.8 Å². The third-order valence-corrected chi connectivity index (χ3v) is 0.853. The van der Waals surface area contributed by atoms with Gasteiger partial charge in [0, 0.05) is 0 Å². The van der Waals surface area contributed by atoms with Crippen molar-refractivity contribution >= 4 is 5.78 Å². The average molecular weight is 164 g/mol. The van der Waals surface area contributed by atoms with Crippen LogP contribution in [-0.4, -0.2) is 39.9 Å². The van der Waals surface area contributed by atoms with E-state index in [-0.39, 0.29) is 12.4 Å². The molecule has 2 atom stereocenters. The Bertz CT molecular complexity index is 98.6. The lowest BCUT2D eigenvalue weighted by Gasteiger charge is -1.90. The van der Waals surface area contributed by atoms with Crippen LogP contribution in [0.4, 0.5) is 0 Å². The molecule has 0 bridgehead atoms. The molecule has 0 aliphatic heterocycles. The van der Waals surface area contributed by atoms with Crippen LogP contribution in [0, 0.1) is 0 Å². The highest BCUT2D eigenvalue weighted by atomic mass is 16.3. The molecule has 11 heavy (non-hydrogen) atoms. The predicted molar refractivity (Wildman–Crippen MR) is 41.1 cm³/mol. The molecular formula is C7H16O4. The summed E-state index contributed by atoms with van der Waals surface area (Å²) in [4.78, 5) is 9.89. The minimum Gasteiger partial charge on any atom is -0.394 e. The molecule has 0 aromatic rings. The fourth-order valence-corrected chi connectivity index (χ4v) is 0. The van der Waals surface area contributed by atoms with Gasteiger partial charge < -0.3 is 15.3 Å². The highest BCUT2D eigenvalue weighted by Crippen LogP contribution is 1.76. The topological polar surface area (TPSA) is 77.8 Å². The first-order valence-corrected chi connectivity index (χ1v) is 3.39. The fourth-order valence-electron chi connectivity index (χ4n) is 0. The molecule has 0 aliphatic carbocycles. The normalized spacial score (nSPS) is 14.4. The van der Waals surface area contributed by atoms with E-state index in [1.54, 1.807) is 0 Å². The maximum absolute atomic E-state index is 9.89. The minimum absolute atomic E-state index is 0.139. The SMILES string of the molecule is CC(=O)C(C)O.CC(O)CO. The summed E-state index contributed by atoms with van der Waals surface area (Å²) in [5, 5.41) is 24.3. The monoisotopic (exact) mass is 164 g/mol. The summed E-state index contributed by atoms with van der Waals surface area (Å²) >= 11 is 0. The zero-order chi connectivity index (χ0) is 9.44. The number of aliphatic hydroxyl groups is 3. The fraction of sp³-hybridized carbons (Fsp3) is 0.857. The number of hydrogen-bond acceptors (Lipinski definition) is 4. The molecule has 0 saturated heterocycles. The molecule has 68 valence electrons. The van der Waals surface area contributed by atoms with E-state index in [4.69, 9.17) is 15.3 Å². The van der Waals surface area contributed by atoms with Crippen LogP contribution >= 0.6 is 0 Å². The molecule has 4 heteroatoms. The van der Waals surface area contributed by atoms with Crippen LogP contribution in [0.2, 0.25) is 0 Å². The van der Waals surface area contributed by atoms with Gasteiger partial charge in [0.15, 0.2) is 5.78 Å². The van der Waals surface area contributed by atoms with E-state index < -0.39 is 12.2 Å². The molecule has 3 N–H and O–H groups in total. The van der Waals surface area contributed by atoms with E-state index in [2.05, 4.69) is 0 Å². The van der Waals surface area contributed by atoms with Gasteiger partial charge in [0.1, 0.15) is 6.10 Å². The third kappa shape index (κ3) is 17.7. The lowest BCUT2D eigenvalue weighted by Crippen LogP contribution is -2.10. The molecule has 0 heterocycles. The van der Waals surface area contributed by atoms with E-state index in [1.165, 1.54) is 20.8 Å². The summed E-state index contributed by atoms with van der Waals surface area (Å²) < 4.78 is 0. The summed E-state index contributed by atoms with van der Waals surface area (Å²) in [5.74, 6) is -0.185. The molecule has 0 aromatic carbocycles. The zero-order valence-corrected chi connectivity index (χ0v) is 7.11. The second-order valence-corrected chi connectivity index (χ2v) is 2.32. The van der Waals surface area contributed by atoms with Gasteiger partial charge >= 0.3 is 0 Å². The Balaban J connectivity index is 0. The van der Waals surface area contributed by atoms with Crippen molar-refractivity contribution in [3.05, 3.63) is 0 Å². The van der Waals surface area contributed by atoms with Crippen LogP contribution in [0.5, 0.6) is 0 Å². The van der Waals surface area contributed by atoms with Gasteiger partial charge in [-0.1, -0.05) is 0 Å². The number of Topliss-reactive ketones (excluding diaryl/α,β-unsaturated/α-hetero) is 1. The Labute approximate surface area is 66.5 Å². The second-order valence-electron chi connectivity index (χ2n) is 2.32. The minimum atomic E-state index is -0.787. The Kier molecular flexibility index (Phi) is 9.16. The van der Waals surface area contributed by atoms with Crippen LogP contribution in [0.3, 0.4) is 0 Å². The van der Waals surface area contributed by atoms with Crippen LogP contribution in [0.15, 0.2) is 0 Å². The smallest absolute Gasteiger partial charge is 0.157 e. The van der Waals surface area contributed by atoms with Crippen molar-refractivity contribution in [2.45, 2.75) is 33.0 Å². The lowest BCUT2D eigenvalue weighted by atomic mass is 10.3. The van der Waals surface area contributed by atoms with Crippen molar-refractivity contribution in [2.24, 2.45) is 0 Å². The van der Waals surface area contributed by atoms with E-state index >= 15 is 0 Å². The molecule has 0 aromatic heterocycles. The zero-order valence-electron chi connectivity index (χ0n) is 7.11. The standard InChI is InChI=1S/C4H8O2.C3H8O2/c1-3(5)4(2)6;1-3(5)2-4/h3,5H,1-2H3;3-5H,2H2,1H3. The molecule has 0 aliphatic rings. The first kappa shape index (κ1) is 13.2. The van der Waals surface area contributed by atoms with Gasteiger partial charge in [0.2, 0.25) is 0 Å². The summed E-state index contributed by atoms with van der Waals surface area (Å²) in [7, 11) is 0. The highest BCUT2D eigenvalue weighted by Gasteiger charge is 1.97. The molecule has 0 saturated carbocycles. The Morgan fingerprint density at radius 2 is 1.55 bits per heavy atom. The number of hydrogen-bond donors (Lipinski definition) is 3. The van der Waals surface area contributed by atoms with Gasteiger partial charge in [-0.25, -0.2) is 0 Å². The molecule has 0 rings (SSSR count).